The van der Waals surface area contributed by atoms with Gasteiger partial charge in [-0.1, -0.05) is 36.7 Å². The van der Waals surface area contributed by atoms with Crippen LogP contribution in [0.25, 0.3) is 0 Å². The molecule has 0 spiro atoms. The number of nitrogens with zero attached hydrogens (tertiary/aromatic N) is 1. The van der Waals surface area contributed by atoms with Crippen molar-refractivity contribution in [3.8, 4) is 0 Å². The van der Waals surface area contributed by atoms with Gasteiger partial charge >= 0.3 is 0 Å². The van der Waals surface area contributed by atoms with Crippen LogP contribution < -0.4 is 10.6 Å². The third kappa shape index (κ3) is 6.75. The van der Waals surface area contributed by atoms with Gasteiger partial charge < -0.3 is 20.5 Å². The first-order chi connectivity index (χ1) is 16.6. The predicted molar refractivity (Wildman–Crippen MR) is 145 cm³/mol. The SMILES string of the molecule is CNc1ccc(Nc2cc(C)c(Br)cc2C2CC2)nc1C(=N)OC1CCC(C)C(C)(C)C1.O=CO. The number of hydrogen-bond acceptors (Lipinski definition) is 6. The van der Waals surface area contributed by atoms with Crippen LogP contribution in [0.4, 0.5) is 17.2 Å². The first-order valence-corrected chi connectivity index (χ1v) is 13.0. The monoisotopic (exact) mass is 544 g/mol. The Labute approximate surface area is 216 Å². The number of benzene rings is 1. The Hall–Kier alpha value is -2.61. The van der Waals surface area contributed by atoms with E-state index in [2.05, 4.69) is 66.4 Å². The van der Waals surface area contributed by atoms with Crippen molar-refractivity contribution in [2.24, 2.45) is 11.3 Å². The summed E-state index contributed by atoms with van der Waals surface area (Å²) in [7, 11) is 1.86. The zero-order valence-corrected chi connectivity index (χ0v) is 22.8. The van der Waals surface area contributed by atoms with Crippen molar-refractivity contribution in [1.82, 2.24) is 4.98 Å². The number of carbonyl (C=O) groups is 1. The quantitative estimate of drug-likeness (QED) is 0.176. The molecule has 0 aliphatic heterocycles. The summed E-state index contributed by atoms with van der Waals surface area (Å²) < 4.78 is 7.31. The zero-order chi connectivity index (χ0) is 25.8. The summed E-state index contributed by atoms with van der Waals surface area (Å²) in [6.07, 6.45) is 5.61. The van der Waals surface area contributed by atoms with E-state index in [0.717, 1.165) is 40.9 Å². The Morgan fingerprint density at radius 1 is 1.23 bits per heavy atom. The Morgan fingerprint density at radius 2 is 1.91 bits per heavy atom. The minimum Gasteiger partial charge on any atom is -0.483 e. The minimum atomic E-state index is -0.250. The molecular formula is C27H37BrN4O3. The van der Waals surface area contributed by atoms with Crippen molar-refractivity contribution in [3.05, 3.63) is 45.6 Å². The van der Waals surface area contributed by atoms with Gasteiger partial charge in [-0.2, -0.15) is 0 Å². The van der Waals surface area contributed by atoms with Gasteiger partial charge in [-0.25, -0.2) is 4.98 Å². The van der Waals surface area contributed by atoms with Crippen molar-refractivity contribution < 1.29 is 14.6 Å². The van der Waals surface area contributed by atoms with Gasteiger partial charge in [0, 0.05) is 17.2 Å². The number of rotatable bonds is 6. The summed E-state index contributed by atoms with van der Waals surface area (Å²) in [6.45, 7) is 8.77. The van der Waals surface area contributed by atoms with Crippen molar-refractivity contribution in [2.75, 3.05) is 17.7 Å². The number of halogens is 1. The molecule has 2 saturated carbocycles. The van der Waals surface area contributed by atoms with Gasteiger partial charge in [0.2, 0.25) is 5.90 Å². The zero-order valence-electron chi connectivity index (χ0n) is 21.2. The molecule has 2 aromatic rings. The van der Waals surface area contributed by atoms with Gasteiger partial charge in [0.25, 0.3) is 6.47 Å². The van der Waals surface area contributed by atoms with Crippen LogP contribution in [0.3, 0.4) is 0 Å². The van der Waals surface area contributed by atoms with Gasteiger partial charge in [0.15, 0.2) is 0 Å². The van der Waals surface area contributed by atoms with Gasteiger partial charge in [-0.15, -0.1) is 0 Å². The van der Waals surface area contributed by atoms with Gasteiger partial charge in [0.1, 0.15) is 17.6 Å². The molecule has 35 heavy (non-hydrogen) atoms. The van der Waals surface area contributed by atoms with Crippen molar-refractivity contribution >= 4 is 45.5 Å². The lowest BCUT2D eigenvalue weighted by Crippen LogP contribution is -2.35. The van der Waals surface area contributed by atoms with Gasteiger partial charge in [-0.05, 0) is 91.7 Å². The highest BCUT2D eigenvalue weighted by Gasteiger charge is 2.35. The van der Waals surface area contributed by atoms with Crippen molar-refractivity contribution in [1.29, 1.82) is 5.41 Å². The number of hydrogen-bond donors (Lipinski definition) is 4. The average molecular weight is 546 g/mol. The van der Waals surface area contributed by atoms with Crippen LogP contribution >= 0.6 is 15.9 Å². The van der Waals surface area contributed by atoms with E-state index < -0.39 is 0 Å². The molecular weight excluding hydrogens is 508 g/mol. The summed E-state index contributed by atoms with van der Waals surface area (Å²) in [5.41, 5.74) is 5.20. The molecule has 2 fully saturated rings. The Balaban J connectivity index is 0.00000108. The molecule has 0 amide bonds. The maximum Gasteiger partial charge on any atom is 0.290 e. The molecule has 2 unspecified atom stereocenters. The first kappa shape index (κ1) is 27.0. The molecule has 7 nitrogen and oxygen atoms in total. The second-order valence-corrected chi connectivity index (χ2v) is 11.1. The fourth-order valence-corrected chi connectivity index (χ4v) is 4.98. The van der Waals surface area contributed by atoms with Crippen LogP contribution in [0.15, 0.2) is 28.7 Å². The molecule has 1 aromatic carbocycles. The van der Waals surface area contributed by atoms with E-state index in [-0.39, 0.29) is 23.9 Å². The molecule has 190 valence electrons. The van der Waals surface area contributed by atoms with Gasteiger partial charge in [-0.3, -0.25) is 10.2 Å². The van der Waals surface area contributed by atoms with E-state index in [0.29, 0.717) is 17.5 Å². The highest BCUT2D eigenvalue weighted by molar-refractivity contribution is 9.10. The number of anilines is 3. The van der Waals surface area contributed by atoms with Crippen LogP contribution in [-0.2, 0) is 9.53 Å². The fourth-order valence-electron chi connectivity index (χ4n) is 4.62. The van der Waals surface area contributed by atoms with Crippen molar-refractivity contribution in [3.63, 3.8) is 0 Å². The molecule has 4 N–H and O–H groups in total. The molecule has 2 atom stereocenters. The second kappa shape index (κ2) is 11.4. The molecule has 0 bridgehead atoms. The Kier molecular flexibility index (Phi) is 8.80. The molecule has 8 heteroatoms. The van der Waals surface area contributed by atoms with E-state index in [1.54, 1.807) is 0 Å². The summed E-state index contributed by atoms with van der Waals surface area (Å²) >= 11 is 3.67. The highest BCUT2D eigenvalue weighted by Crippen LogP contribution is 2.46. The normalized spacial score (nSPS) is 20.7. The molecule has 0 saturated heterocycles. The second-order valence-electron chi connectivity index (χ2n) is 10.3. The van der Waals surface area contributed by atoms with E-state index in [4.69, 9.17) is 25.0 Å². The number of nitrogens with one attached hydrogen (secondary N) is 3. The average Bonchev–Trinajstić information content (AvgIpc) is 3.64. The molecule has 2 aliphatic rings. The van der Waals surface area contributed by atoms with E-state index in [1.807, 2.05) is 19.2 Å². The summed E-state index contributed by atoms with van der Waals surface area (Å²) in [5.74, 6) is 2.16. The smallest absolute Gasteiger partial charge is 0.290 e. The van der Waals surface area contributed by atoms with Crippen LogP contribution in [-0.4, -0.2) is 35.6 Å². The number of ether oxygens (including phenoxy) is 1. The number of carboxylic acid groups (broad SMARTS) is 1. The molecule has 2 aliphatic carbocycles. The summed E-state index contributed by atoms with van der Waals surface area (Å²) in [6, 6.07) is 8.34. The fraction of sp³-hybridized carbons (Fsp3) is 0.519. The number of pyridine rings is 1. The standard InChI is InChI=1S/C26H35BrN4O.CH2O2/c1-15-12-22(19(13-20(15)27)17-7-8-17)30-23-11-10-21(29-5)24(31-23)25(28)32-18-9-6-16(2)26(3,4)14-18;2-1-3/h10-13,16-18,28-29H,6-9,14H2,1-5H3,(H,30,31);1H,(H,2,3). The van der Waals surface area contributed by atoms with E-state index >= 15 is 0 Å². The maximum absolute atomic E-state index is 8.69. The lowest BCUT2D eigenvalue weighted by atomic mass is 9.69. The topological polar surface area (TPSA) is 107 Å². The molecule has 1 aromatic heterocycles. The summed E-state index contributed by atoms with van der Waals surface area (Å²) in [4.78, 5) is 13.2. The van der Waals surface area contributed by atoms with Gasteiger partial charge in [0.05, 0.1) is 5.69 Å². The minimum absolute atomic E-state index is 0.0624. The predicted octanol–water partition coefficient (Wildman–Crippen LogP) is 7.07. The van der Waals surface area contributed by atoms with E-state index in [1.165, 1.54) is 24.0 Å². The van der Waals surface area contributed by atoms with Crippen LogP contribution in [0.1, 0.15) is 75.6 Å². The van der Waals surface area contributed by atoms with Crippen LogP contribution in [0.5, 0.6) is 0 Å². The maximum atomic E-state index is 8.69. The lowest BCUT2D eigenvalue weighted by Gasteiger charge is -2.40. The Morgan fingerprint density at radius 3 is 2.51 bits per heavy atom. The summed E-state index contributed by atoms with van der Waals surface area (Å²) in [5, 5.41) is 22.3. The molecule has 0 radical (unpaired) electrons. The third-order valence-corrected chi connectivity index (χ3v) is 8.14. The van der Waals surface area contributed by atoms with E-state index in [9.17, 15) is 0 Å². The number of aromatic nitrogens is 1. The molecule has 4 rings (SSSR count). The Bertz CT molecular complexity index is 1070. The molecule has 1 heterocycles. The number of aryl methyl sites for hydroxylation is 1. The van der Waals surface area contributed by atoms with Crippen molar-refractivity contribution in [2.45, 2.75) is 71.8 Å². The highest BCUT2D eigenvalue weighted by atomic mass is 79.9. The third-order valence-electron chi connectivity index (χ3n) is 7.28. The van der Waals surface area contributed by atoms with Crippen LogP contribution in [0.2, 0.25) is 0 Å². The lowest BCUT2D eigenvalue weighted by molar-refractivity contribution is -0.122. The first-order valence-electron chi connectivity index (χ1n) is 12.2. The largest absolute Gasteiger partial charge is 0.483 e. The van der Waals surface area contributed by atoms with Crippen LogP contribution in [0, 0.1) is 23.7 Å².